The molecule has 0 N–H and O–H groups in total. The number of halogens is 2. The molecule has 2 atom stereocenters. The van der Waals surface area contributed by atoms with Crippen LogP contribution in [0.1, 0.15) is 65.6 Å². The zero-order chi connectivity index (χ0) is 20.3. The fourth-order valence-electron chi connectivity index (χ4n) is 5.48. The summed E-state index contributed by atoms with van der Waals surface area (Å²) in [6.07, 6.45) is 5.07. The van der Waals surface area contributed by atoms with Gasteiger partial charge in [0.2, 0.25) is 0 Å². The van der Waals surface area contributed by atoms with Crippen LogP contribution >= 0.6 is 0 Å². The summed E-state index contributed by atoms with van der Waals surface area (Å²) in [5.41, 5.74) is 15.4. The van der Waals surface area contributed by atoms with E-state index in [0.717, 1.165) is 7.25 Å². The molecule has 30 heavy (non-hydrogen) atoms. The second-order valence-corrected chi connectivity index (χ2v) is 27.0. The van der Waals surface area contributed by atoms with Crippen molar-refractivity contribution in [2.45, 2.75) is 61.9 Å². The van der Waals surface area contributed by atoms with E-state index in [9.17, 15) is 0 Å². The van der Waals surface area contributed by atoms with E-state index in [0.29, 0.717) is 0 Å². The van der Waals surface area contributed by atoms with Gasteiger partial charge in [-0.1, -0.05) is 0 Å². The van der Waals surface area contributed by atoms with Gasteiger partial charge in [0.1, 0.15) is 0 Å². The van der Waals surface area contributed by atoms with E-state index in [4.69, 9.17) is 0 Å². The van der Waals surface area contributed by atoms with Crippen LogP contribution in [0, 0.1) is 27.7 Å². The van der Waals surface area contributed by atoms with Crippen molar-refractivity contribution in [1.82, 2.24) is 0 Å². The van der Waals surface area contributed by atoms with E-state index in [-0.39, 0.29) is 30.2 Å². The summed E-state index contributed by atoms with van der Waals surface area (Å²) in [7, 11) is 0. The maximum atomic E-state index is 2.62. The molecule has 0 nitrogen and oxygen atoms in total. The Balaban J connectivity index is 0.00000160. The molecule has 0 fully saturated rings. The molecule has 2 aromatic carbocycles. The van der Waals surface area contributed by atoms with Gasteiger partial charge in [-0.05, 0) is 0 Å². The second kappa shape index (κ2) is 9.62. The van der Waals surface area contributed by atoms with Gasteiger partial charge >= 0.3 is 180 Å². The van der Waals surface area contributed by atoms with Crippen LogP contribution in [0.3, 0.4) is 0 Å². The number of hydrogen-bond acceptors (Lipinski definition) is 0. The predicted molar refractivity (Wildman–Crippen MR) is 122 cm³/mol. The summed E-state index contributed by atoms with van der Waals surface area (Å²) in [5, 5.41) is 0. The molecule has 0 spiro atoms. The van der Waals surface area contributed by atoms with Crippen molar-refractivity contribution in [2.75, 3.05) is 0 Å². The van der Waals surface area contributed by atoms with Crippen LogP contribution in [0.25, 0.3) is 12.2 Å². The van der Waals surface area contributed by atoms with E-state index in [1.807, 2.05) is 0 Å². The zero-order valence-electron chi connectivity index (χ0n) is 19.4. The Kier molecular flexibility index (Phi) is 8.29. The summed E-state index contributed by atoms with van der Waals surface area (Å²) in [6, 6.07) is 9.37. The molecule has 2 unspecified atom stereocenters. The van der Waals surface area contributed by atoms with Crippen molar-refractivity contribution in [1.29, 1.82) is 0 Å². The molecule has 158 valence electrons. The van der Waals surface area contributed by atoms with Crippen LogP contribution in [-0.4, -0.2) is 5.43 Å². The van der Waals surface area contributed by atoms with Crippen molar-refractivity contribution >= 4 is 17.6 Å². The van der Waals surface area contributed by atoms with Gasteiger partial charge in [0.25, 0.3) is 0 Å². The third-order valence-corrected chi connectivity index (χ3v) is 26.7. The number of rotatable bonds is 2. The molecule has 4 heteroatoms. The van der Waals surface area contributed by atoms with Crippen molar-refractivity contribution in [2.24, 2.45) is 0 Å². The summed E-state index contributed by atoms with van der Waals surface area (Å²) >= 11 is -1.89. The first kappa shape index (κ1) is 25.9. The van der Waals surface area contributed by atoms with Crippen LogP contribution < -0.4 is 24.8 Å². The van der Waals surface area contributed by atoms with Crippen LogP contribution in [0.15, 0.2) is 35.4 Å². The van der Waals surface area contributed by atoms with Gasteiger partial charge < -0.3 is 24.8 Å². The number of fused-ring (bicyclic) bond motifs is 2. The molecule has 0 bridgehead atoms. The summed E-state index contributed by atoms with van der Waals surface area (Å²) in [5.74, 6) is 0. The number of allylic oxidation sites excluding steroid dienone is 2. The Morgan fingerprint density at radius 1 is 0.600 bits per heavy atom. The smallest absolute Gasteiger partial charge is 1.00 e. The van der Waals surface area contributed by atoms with Crippen LogP contribution in [0.4, 0.5) is 0 Å². The van der Waals surface area contributed by atoms with Gasteiger partial charge in [-0.25, -0.2) is 0 Å². The third kappa shape index (κ3) is 4.03. The Morgan fingerprint density at radius 3 is 1.27 bits per heavy atom. The fourth-order valence-corrected chi connectivity index (χ4v) is 26.6. The van der Waals surface area contributed by atoms with Gasteiger partial charge in [0, 0.05) is 0 Å². The molecular weight excluding hydrogens is 503 g/mol. The molecule has 0 radical (unpaired) electrons. The number of benzene rings is 2. The standard InChI is InChI=1S/2C12H13.C2H6Si.2ClH.Zr/c2*1-8-6-11-9(2)4-5-10(3)12(11)7-8;1-3-2;;;/h2*4-7H,1-3H3;1-2H3;2*1H;/q;;;;;+2/p-2. The maximum absolute atomic E-state index is 2.62. The summed E-state index contributed by atoms with van der Waals surface area (Å²) in [6.45, 7) is 19.4. The molecule has 0 amide bonds. The van der Waals surface area contributed by atoms with Gasteiger partial charge in [-0.2, -0.15) is 0 Å². The Bertz CT molecular complexity index is 1020. The van der Waals surface area contributed by atoms with Crippen LogP contribution in [-0.2, 0) is 20.4 Å². The Labute approximate surface area is 203 Å². The molecule has 0 aliphatic heterocycles. The number of hydrogen-bond donors (Lipinski definition) is 0. The largest absolute Gasteiger partial charge is 1.00 e. The van der Waals surface area contributed by atoms with E-state index < -0.39 is 20.4 Å². The third-order valence-electron chi connectivity index (χ3n) is 6.88. The minimum atomic E-state index is -1.89. The minimum absolute atomic E-state index is 0. The van der Waals surface area contributed by atoms with E-state index in [2.05, 4.69) is 91.1 Å². The number of aryl methyl sites for hydroxylation is 4. The molecule has 0 saturated heterocycles. The monoisotopic (exact) mass is 532 g/mol. The van der Waals surface area contributed by atoms with E-state index in [1.165, 1.54) is 22.3 Å². The van der Waals surface area contributed by atoms with E-state index >= 15 is 0 Å². The van der Waals surface area contributed by atoms with Gasteiger partial charge in [-0.3, -0.25) is 0 Å². The first-order valence-corrected chi connectivity index (χ1v) is 19.5. The Morgan fingerprint density at radius 2 is 0.933 bits per heavy atom. The van der Waals surface area contributed by atoms with Crippen LogP contribution in [0.2, 0.25) is 13.1 Å². The van der Waals surface area contributed by atoms with Gasteiger partial charge in [0.05, 0.1) is 0 Å². The normalized spacial score (nSPS) is 18.2. The fraction of sp³-hybridized carbons (Fsp3) is 0.385. The molecule has 2 aromatic rings. The van der Waals surface area contributed by atoms with Crippen LogP contribution in [0.5, 0.6) is 0 Å². The molecule has 0 aromatic heterocycles. The van der Waals surface area contributed by atoms with E-state index in [1.54, 1.807) is 33.4 Å². The second-order valence-electron chi connectivity index (χ2n) is 9.15. The summed E-state index contributed by atoms with van der Waals surface area (Å²) < 4.78 is 1.50. The average Bonchev–Trinajstić information content (AvgIpc) is 3.15. The van der Waals surface area contributed by atoms with Crippen molar-refractivity contribution in [3.8, 4) is 0 Å². The molecule has 2 aliphatic carbocycles. The quantitative estimate of drug-likeness (QED) is 0.512. The topological polar surface area (TPSA) is 0 Å². The summed E-state index contributed by atoms with van der Waals surface area (Å²) in [4.78, 5) is 0. The van der Waals surface area contributed by atoms with Crippen molar-refractivity contribution < 1.29 is 45.2 Å². The van der Waals surface area contributed by atoms with Gasteiger partial charge in [0.15, 0.2) is 0 Å². The molecular formula is C26H32Cl2SiZr. The predicted octanol–water partition coefficient (Wildman–Crippen LogP) is 1.41. The molecule has 0 saturated carbocycles. The van der Waals surface area contributed by atoms with Gasteiger partial charge in [-0.15, -0.1) is 0 Å². The minimum Gasteiger partial charge on any atom is -1.00 e. The molecule has 4 rings (SSSR count). The Hall–Kier alpha value is -0.400. The first-order valence-electron chi connectivity index (χ1n) is 10.5. The first-order chi connectivity index (χ1) is 13.2. The van der Waals surface area contributed by atoms with Crippen molar-refractivity contribution in [3.05, 3.63) is 79.9 Å². The molecule has 0 heterocycles. The SMILES string of the molecule is CC1=Cc2c(C)ccc(C)c2[CH]1[Zr+2]([CH]1C(C)=Cc2c(C)ccc(C)c21)=[Si](C)C.[Cl-].[Cl-]. The maximum Gasteiger partial charge on any atom is -1.00 e. The van der Waals surface area contributed by atoms with Crippen molar-refractivity contribution in [3.63, 3.8) is 0 Å². The molecule has 2 aliphatic rings. The average molecular weight is 535 g/mol. The zero-order valence-corrected chi connectivity index (χ0v) is 24.3.